The van der Waals surface area contributed by atoms with E-state index in [4.69, 9.17) is 22.1 Å². The van der Waals surface area contributed by atoms with E-state index in [1.54, 1.807) is 36.4 Å². The van der Waals surface area contributed by atoms with Gasteiger partial charge in [0.25, 0.3) is 5.91 Å². The standard InChI is InChI=1S/C20H23ClN2O4/c1-12(2)11-27-18-8-5-14(10-16(18)21)19(24)23-17(20(25)26)9-13-3-6-15(22)7-4-13/h3-8,10,12,17H,9,11,22H2,1-2H3,(H,23,24)(H,25,26). The summed E-state index contributed by atoms with van der Waals surface area (Å²) >= 11 is 6.17. The molecule has 0 aliphatic carbocycles. The zero-order chi connectivity index (χ0) is 20.0. The van der Waals surface area contributed by atoms with Crippen LogP contribution in [0.4, 0.5) is 5.69 Å². The molecular weight excluding hydrogens is 368 g/mol. The Morgan fingerprint density at radius 3 is 2.41 bits per heavy atom. The minimum Gasteiger partial charge on any atom is -0.492 e. The van der Waals surface area contributed by atoms with E-state index in [-0.39, 0.29) is 12.0 Å². The van der Waals surface area contributed by atoms with E-state index in [0.717, 1.165) is 5.56 Å². The van der Waals surface area contributed by atoms with Gasteiger partial charge in [0.1, 0.15) is 11.8 Å². The lowest BCUT2D eigenvalue weighted by Gasteiger charge is -2.16. The molecule has 0 spiro atoms. The van der Waals surface area contributed by atoms with Crippen LogP contribution < -0.4 is 15.8 Å². The highest BCUT2D eigenvalue weighted by Gasteiger charge is 2.21. The van der Waals surface area contributed by atoms with Crippen molar-refractivity contribution in [1.29, 1.82) is 0 Å². The van der Waals surface area contributed by atoms with Gasteiger partial charge in [0.05, 0.1) is 11.6 Å². The summed E-state index contributed by atoms with van der Waals surface area (Å²) in [6.07, 6.45) is 0.144. The van der Waals surface area contributed by atoms with Gasteiger partial charge in [0, 0.05) is 17.7 Å². The summed E-state index contributed by atoms with van der Waals surface area (Å²) in [4.78, 5) is 24.0. The Morgan fingerprint density at radius 2 is 1.85 bits per heavy atom. The fraction of sp³-hybridized carbons (Fsp3) is 0.300. The van der Waals surface area contributed by atoms with Crippen molar-refractivity contribution >= 4 is 29.2 Å². The molecule has 1 atom stereocenters. The molecule has 7 heteroatoms. The van der Waals surface area contributed by atoms with Gasteiger partial charge >= 0.3 is 5.97 Å². The van der Waals surface area contributed by atoms with Gasteiger partial charge in [-0.2, -0.15) is 0 Å². The van der Waals surface area contributed by atoms with Crippen LogP contribution in [-0.2, 0) is 11.2 Å². The fourth-order valence-corrected chi connectivity index (χ4v) is 2.58. The highest BCUT2D eigenvalue weighted by atomic mass is 35.5. The summed E-state index contributed by atoms with van der Waals surface area (Å²) in [5, 5.41) is 12.2. The molecule has 0 heterocycles. The van der Waals surface area contributed by atoms with E-state index >= 15 is 0 Å². The number of anilines is 1. The average molecular weight is 391 g/mol. The molecule has 0 aliphatic heterocycles. The number of amides is 1. The molecule has 4 N–H and O–H groups in total. The summed E-state index contributed by atoms with van der Waals surface area (Å²) in [7, 11) is 0. The topological polar surface area (TPSA) is 102 Å². The third kappa shape index (κ3) is 6.18. The maximum absolute atomic E-state index is 12.4. The first kappa shape index (κ1) is 20.6. The first-order chi connectivity index (χ1) is 12.8. The predicted molar refractivity (Wildman–Crippen MR) is 105 cm³/mol. The van der Waals surface area contributed by atoms with Crippen molar-refractivity contribution in [2.45, 2.75) is 26.3 Å². The number of rotatable bonds is 8. The van der Waals surface area contributed by atoms with Gasteiger partial charge in [-0.3, -0.25) is 4.79 Å². The Morgan fingerprint density at radius 1 is 1.19 bits per heavy atom. The number of carbonyl (C=O) groups is 2. The number of nitrogens with one attached hydrogen (secondary N) is 1. The van der Waals surface area contributed by atoms with Crippen molar-refractivity contribution in [3.63, 3.8) is 0 Å². The van der Waals surface area contributed by atoms with Gasteiger partial charge in [-0.15, -0.1) is 0 Å². The molecule has 0 bridgehead atoms. The third-order valence-corrected chi connectivity index (χ3v) is 4.08. The lowest BCUT2D eigenvalue weighted by atomic mass is 10.0. The van der Waals surface area contributed by atoms with Crippen molar-refractivity contribution < 1.29 is 19.4 Å². The molecule has 0 aromatic heterocycles. The molecule has 0 fully saturated rings. The van der Waals surface area contributed by atoms with Crippen molar-refractivity contribution in [2.75, 3.05) is 12.3 Å². The smallest absolute Gasteiger partial charge is 0.326 e. The number of hydrogen-bond acceptors (Lipinski definition) is 4. The van der Waals surface area contributed by atoms with Crippen LogP contribution >= 0.6 is 11.6 Å². The molecule has 0 saturated carbocycles. The van der Waals surface area contributed by atoms with Crippen molar-refractivity contribution in [3.8, 4) is 5.75 Å². The maximum atomic E-state index is 12.4. The number of aliphatic carboxylic acids is 1. The number of nitrogen functional groups attached to an aromatic ring is 1. The summed E-state index contributed by atoms with van der Waals surface area (Å²) in [6, 6.07) is 10.4. The molecule has 2 aromatic rings. The van der Waals surface area contributed by atoms with Crippen LogP contribution in [0.2, 0.25) is 5.02 Å². The van der Waals surface area contributed by atoms with Crippen LogP contribution in [0.1, 0.15) is 29.8 Å². The molecule has 0 aliphatic rings. The van der Waals surface area contributed by atoms with Crippen LogP contribution in [-0.4, -0.2) is 29.6 Å². The SMILES string of the molecule is CC(C)COc1ccc(C(=O)NC(Cc2ccc(N)cc2)C(=O)O)cc1Cl. The van der Waals surface area contributed by atoms with Gasteiger partial charge in [0.2, 0.25) is 0 Å². The molecule has 1 amide bonds. The molecule has 0 saturated heterocycles. The van der Waals surface area contributed by atoms with Gasteiger partial charge in [-0.1, -0.05) is 37.6 Å². The molecule has 2 rings (SSSR count). The number of halogens is 1. The lowest BCUT2D eigenvalue weighted by Crippen LogP contribution is -2.42. The van der Waals surface area contributed by atoms with E-state index in [1.165, 1.54) is 6.07 Å². The minimum atomic E-state index is -1.12. The summed E-state index contributed by atoms with van der Waals surface area (Å²) in [5.74, 6) is -0.814. The molecule has 0 radical (unpaired) electrons. The van der Waals surface area contributed by atoms with E-state index in [9.17, 15) is 14.7 Å². The Labute approximate surface area is 163 Å². The van der Waals surface area contributed by atoms with Crippen LogP contribution in [0, 0.1) is 5.92 Å². The van der Waals surface area contributed by atoms with E-state index in [1.807, 2.05) is 13.8 Å². The number of ether oxygens (including phenoxy) is 1. The normalized spacial score (nSPS) is 11.9. The van der Waals surface area contributed by atoms with Crippen molar-refractivity contribution in [1.82, 2.24) is 5.32 Å². The van der Waals surface area contributed by atoms with Gasteiger partial charge in [0.15, 0.2) is 0 Å². The van der Waals surface area contributed by atoms with E-state index in [0.29, 0.717) is 29.0 Å². The van der Waals surface area contributed by atoms with Crippen LogP contribution in [0.3, 0.4) is 0 Å². The fourth-order valence-electron chi connectivity index (χ4n) is 2.35. The van der Waals surface area contributed by atoms with Crippen molar-refractivity contribution in [3.05, 3.63) is 58.6 Å². The second-order valence-corrected chi connectivity index (χ2v) is 7.07. The molecule has 27 heavy (non-hydrogen) atoms. The minimum absolute atomic E-state index is 0.144. The van der Waals surface area contributed by atoms with Gasteiger partial charge < -0.3 is 20.9 Å². The van der Waals surface area contributed by atoms with Crippen molar-refractivity contribution in [2.24, 2.45) is 5.92 Å². The monoisotopic (exact) mass is 390 g/mol. The summed E-state index contributed by atoms with van der Waals surface area (Å²) in [6.45, 7) is 4.54. The number of carboxylic acid groups (broad SMARTS) is 1. The number of benzene rings is 2. The Hall–Kier alpha value is -2.73. The molecule has 1 unspecified atom stereocenters. The second kappa shape index (κ2) is 9.28. The van der Waals surface area contributed by atoms with Gasteiger partial charge in [-0.05, 0) is 41.8 Å². The Bertz CT molecular complexity index is 806. The number of carboxylic acids is 1. The highest BCUT2D eigenvalue weighted by molar-refractivity contribution is 6.32. The molecule has 6 nitrogen and oxygen atoms in total. The third-order valence-electron chi connectivity index (χ3n) is 3.79. The van der Waals surface area contributed by atoms with Gasteiger partial charge in [-0.25, -0.2) is 4.79 Å². The predicted octanol–water partition coefficient (Wildman–Crippen LogP) is 3.38. The first-order valence-electron chi connectivity index (χ1n) is 8.56. The van der Waals surface area contributed by atoms with E-state index in [2.05, 4.69) is 5.32 Å². The Kier molecular flexibility index (Phi) is 7.07. The molecular formula is C20H23ClN2O4. The molecule has 144 valence electrons. The van der Waals surface area contributed by atoms with Crippen LogP contribution in [0.25, 0.3) is 0 Å². The zero-order valence-electron chi connectivity index (χ0n) is 15.2. The second-order valence-electron chi connectivity index (χ2n) is 6.66. The van der Waals surface area contributed by atoms with E-state index < -0.39 is 17.9 Å². The summed E-state index contributed by atoms with van der Waals surface area (Å²) in [5.41, 5.74) is 7.24. The number of nitrogens with two attached hydrogens (primary N) is 1. The lowest BCUT2D eigenvalue weighted by molar-refractivity contribution is -0.139. The van der Waals surface area contributed by atoms with Crippen LogP contribution in [0.5, 0.6) is 5.75 Å². The number of carbonyl (C=O) groups excluding carboxylic acids is 1. The summed E-state index contributed by atoms with van der Waals surface area (Å²) < 4.78 is 5.57. The number of hydrogen-bond donors (Lipinski definition) is 3. The first-order valence-corrected chi connectivity index (χ1v) is 8.94. The highest BCUT2D eigenvalue weighted by Crippen LogP contribution is 2.26. The quantitative estimate of drug-likeness (QED) is 0.600. The Balaban J connectivity index is 2.07. The largest absolute Gasteiger partial charge is 0.492 e. The average Bonchev–Trinajstić information content (AvgIpc) is 2.61. The maximum Gasteiger partial charge on any atom is 0.326 e. The zero-order valence-corrected chi connectivity index (χ0v) is 16.0. The van der Waals surface area contributed by atoms with Crippen LogP contribution in [0.15, 0.2) is 42.5 Å². The molecule has 2 aromatic carbocycles.